The molecule has 1 amide bonds. The highest BCUT2D eigenvalue weighted by Crippen LogP contribution is 2.40. The lowest BCUT2D eigenvalue weighted by Crippen LogP contribution is -2.39. The number of ether oxygens (including phenoxy) is 1. The Labute approximate surface area is 201 Å². The van der Waals surface area contributed by atoms with Crippen LogP contribution in [0.5, 0.6) is 0 Å². The Hall–Kier alpha value is -3.03. The Balaban J connectivity index is 1.67. The molecule has 4 rings (SSSR count). The van der Waals surface area contributed by atoms with Crippen LogP contribution in [0.15, 0.2) is 54.4 Å². The van der Waals surface area contributed by atoms with E-state index in [4.69, 9.17) is 4.74 Å². The third kappa shape index (κ3) is 5.05. The second-order valence-electron chi connectivity index (χ2n) is 9.91. The van der Waals surface area contributed by atoms with E-state index in [1.165, 1.54) is 0 Å². The molecule has 7 nitrogen and oxygen atoms in total. The number of rotatable bonds is 6. The Morgan fingerprint density at radius 1 is 1.03 bits per heavy atom. The lowest BCUT2D eigenvalue weighted by atomic mass is 9.85. The van der Waals surface area contributed by atoms with Gasteiger partial charge in [0.15, 0.2) is 0 Å². The van der Waals surface area contributed by atoms with Gasteiger partial charge < -0.3 is 14.7 Å². The topological polar surface area (TPSA) is 83.0 Å². The summed E-state index contributed by atoms with van der Waals surface area (Å²) in [4.78, 5) is 34.2. The molecule has 1 N–H and O–H groups in total. The van der Waals surface area contributed by atoms with Gasteiger partial charge in [0, 0.05) is 44.1 Å². The van der Waals surface area contributed by atoms with Gasteiger partial charge in [-0.25, -0.2) is 0 Å². The van der Waals surface area contributed by atoms with Gasteiger partial charge in [0.2, 0.25) is 0 Å². The predicted octanol–water partition coefficient (Wildman–Crippen LogP) is 3.52. The van der Waals surface area contributed by atoms with E-state index in [0.29, 0.717) is 12.1 Å². The van der Waals surface area contributed by atoms with Crippen molar-refractivity contribution in [2.45, 2.75) is 38.6 Å². The number of carbonyl (C=O) groups excluding carboxylic acids is 2. The number of amides is 1. The number of pyridine rings is 1. The smallest absolute Gasteiger partial charge is 0.295 e. The van der Waals surface area contributed by atoms with Crippen molar-refractivity contribution < 1.29 is 19.4 Å². The Bertz CT molecular complexity index is 1050. The zero-order chi connectivity index (χ0) is 24.3. The van der Waals surface area contributed by atoms with Crippen LogP contribution in [0.1, 0.15) is 49.9 Å². The fourth-order valence-corrected chi connectivity index (χ4v) is 4.58. The number of Topliss-reactive ketones (excluding diaryl/α,β-unsaturated/α-hetero) is 1. The van der Waals surface area contributed by atoms with E-state index in [2.05, 4.69) is 30.7 Å². The molecule has 0 radical (unpaired) electrons. The molecule has 2 aliphatic heterocycles. The quantitative estimate of drug-likeness (QED) is 0.401. The number of hydrogen-bond donors (Lipinski definition) is 1. The van der Waals surface area contributed by atoms with Gasteiger partial charge in [0.1, 0.15) is 5.76 Å². The zero-order valence-electron chi connectivity index (χ0n) is 20.2. The lowest BCUT2D eigenvalue weighted by Gasteiger charge is -2.29. The standard InChI is InChI=1S/C27H33N3O4/c1-27(2,3)21-7-5-19(6-8-21)23-22(24(31)20-9-11-28-12-10-20)25(32)26(33)30(23)14-4-13-29-15-17-34-18-16-29/h5-12,23,31H,4,13-18H2,1-3H3/b24-22+/t23-/m0/s1. The van der Waals surface area contributed by atoms with Crippen LogP contribution in [-0.2, 0) is 19.7 Å². The molecule has 2 aromatic rings. The van der Waals surface area contributed by atoms with Crippen molar-refractivity contribution in [1.82, 2.24) is 14.8 Å². The number of morpholine rings is 1. The highest BCUT2D eigenvalue weighted by atomic mass is 16.5. The van der Waals surface area contributed by atoms with Crippen LogP contribution in [0.2, 0.25) is 0 Å². The first-order valence-electron chi connectivity index (χ1n) is 11.9. The fourth-order valence-electron chi connectivity index (χ4n) is 4.58. The summed E-state index contributed by atoms with van der Waals surface area (Å²) in [6.07, 6.45) is 3.85. The van der Waals surface area contributed by atoms with E-state index < -0.39 is 17.7 Å². The van der Waals surface area contributed by atoms with E-state index in [9.17, 15) is 14.7 Å². The Kier molecular flexibility index (Phi) is 7.14. The number of aromatic nitrogens is 1. The summed E-state index contributed by atoms with van der Waals surface area (Å²) in [5.41, 5.74) is 2.56. The summed E-state index contributed by atoms with van der Waals surface area (Å²) in [6, 6.07) is 10.7. The van der Waals surface area contributed by atoms with Gasteiger partial charge in [-0.1, -0.05) is 45.0 Å². The van der Waals surface area contributed by atoms with Gasteiger partial charge in [-0.05, 0) is 35.1 Å². The largest absolute Gasteiger partial charge is 0.507 e. The number of carbonyl (C=O) groups is 2. The predicted molar refractivity (Wildman–Crippen MR) is 130 cm³/mol. The van der Waals surface area contributed by atoms with E-state index in [1.807, 2.05) is 24.3 Å². The van der Waals surface area contributed by atoms with Crippen LogP contribution in [0.4, 0.5) is 0 Å². The number of ketones is 1. The van der Waals surface area contributed by atoms with E-state index in [-0.39, 0.29) is 16.7 Å². The van der Waals surface area contributed by atoms with Gasteiger partial charge in [0.25, 0.3) is 11.7 Å². The molecule has 0 unspecified atom stereocenters. The summed E-state index contributed by atoms with van der Waals surface area (Å²) in [5, 5.41) is 11.1. The number of likely N-dealkylation sites (tertiary alicyclic amines) is 1. The summed E-state index contributed by atoms with van der Waals surface area (Å²) in [6.45, 7) is 10.9. The number of nitrogens with zero attached hydrogens (tertiary/aromatic N) is 3. The van der Waals surface area contributed by atoms with Crippen LogP contribution >= 0.6 is 0 Å². The lowest BCUT2D eigenvalue weighted by molar-refractivity contribution is -0.140. The second-order valence-corrected chi connectivity index (χ2v) is 9.91. The monoisotopic (exact) mass is 463 g/mol. The highest BCUT2D eigenvalue weighted by molar-refractivity contribution is 6.46. The summed E-state index contributed by atoms with van der Waals surface area (Å²) in [7, 11) is 0. The first-order valence-corrected chi connectivity index (χ1v) is 11.9. The van der Waals surface area contributed by atoms with Gasteiger partial charge in [-0.15, -0.1) is 0 Å². The van der Waals surface area contributed by atoms with Gasteiger partial charge in [-0.3, -0.25) is 19.5 Å². The van der Waals surface area contributed by atoms with Crippen molar-refractivity contribution in [3.63, 3.8) is 0 Å². The molecule has 1 aromatic carbocycles. The van der Waals surface area contributed by atoms with Gasteiger partial charge in [0.05, 0.1) is 24.8 Å². The van der Waals surface area contributed by atoms with Gasteiger partial charge in [-0.2, -0.15) is 0 Å². The number of aliphatic hydroxyl groups is 1. The number of hydrogen-bond acceptors (Lipinski definition) is 6. The minimum atomic E-state index is -0.648. The van der Waals surface area contributed by atoms with E-state index in [0.717, 1.165) is 50.4 Å². The molecule has 2 aliphatic rings. The molecule has 180 valence electrons. The molecule has 1 atom stereocenters. The molecule has 3 heterocycles. The Morgan fingerprint density at radius 2 is 1.68 bits per heavy atom. The molecule has 7 heteroatoms. The van der Waals surface area contributed by atoms with Crippen LogP contribution < -0.4 is 0 Å². The third-order valence-electron chi connectivity index (χ3n) is 6.56. The summed E-state index contributed by atoms with van der Waals surface area (Å²) < 4.78 is 5.41. The SMILES string of the molecule is CC(C)(C)c1ccc([C@H]2/C(=C(\O)c3ccncc3)C(=O)C(=O)N2CCCN2CCOCC2)cc1. The molecular weight excluding hydrogens is 430 g/mol. The average molecular weight is 464 g/mol. The second kappa shape index (κ2) is 10.1. The number of benzene rings is 1. The van der Waals surface area contributed by atoms with Crippen LogP contribution in [0, 0.1) is 0 Å². The number of aliphatic hydroxyl groups excluding tert-OH is 1. The minimum Gasteiger partial charge on any atom is -0.507 e. The molecule has 2 saturated heterocycles. The van der Waals surface area contributed by atoms with Crippen LogP contribution in [0.25, 0.3) is 5.76 Å². The summed E-state index contributed by atoms with van der Waals surface area (Å²) >= 11 is 0. The van der Waals surface area contributed by atoms with Crippen LogP contribution in [-0.4, -0.2) is 71.0 Å². The molecule has 0 bridgehead atoms. The molecule has 1 aromatic heterocycles. The first kappa shape index (κ1) is 24.1. The Morgan fingerprint density at radius 3 is 2.29 bits per heavy atom. The average Bonchev–Trinajstić information content (AvgIpc) is 3.09. The fraction of sp³-hybridized carbons (Fsp3) is 0.444. The highest BCUT2D eigenvalue weighted by Gasteiger charge is 2.45. The van der Waals surface area contributed by atoms with Crippen molar-refractivity contribution in [3.05, 3.63) is 71.1 Å². The van der Waals surface area contributed by atoms with Crippen molar-refractivity contribution in [3.8, 4) is 0 Å². The van der Waals surface area contributed by atoms with Gasteiger partial charge >= 0.3 is 0 Å². The molecule has 0 saturated carbocycles. The maximum absolute atomic E-state index is 13.2. The van der Waals surface area contributed by atoms with E-state index in [1.54, 1.807) is 29.4 Å². The molecule has 34 heavy (non-hydrogen) atoms. The van der Waals surface area contributed by atoms with E-state index >= 15 is 0 Å². The zero-order valence-corrected chi connectivity index (χ0v) is 20.2. The third-order valence-corrected chi connectivity index (χ3v) is 6.56. The molecule has 0 spiro atoms. The maximum Gasteiger partial charge on any atom is 0.295 e. The normalized spacial score (nSPS) is 21.3. The van der Waals surface area contributed by atoms with Crippen molar-refractivity contribution >= 4 is 17.4 Å². The molecular formula is C27H33N3O4. The molecule has 0 aliphatic carbocycles. The van der Waals surface area contributed by atoms with Crippen molar-refractivity contribution in [2.75, 3.05) is 39.4 Å². The van der Waals surface area contributed by atoms with Crippen LogP contribution in [0.3, 0.4) is 0 Å². The maximum atomic E-state index is 13.2. The van der Waals surface area contributed by atoms with Crippen molar-refractivity contribution in [1.29, 1.82) is 0 Å². The first-order chi connectivity index (χ1) is 16.3. The molecule has 2 fully saturated rings. The van der Waals surface area contributed by atoms with Crippen molar-refractivity contribution in [2.24, 2.45) is 0 Å². The summed E-state index contributed by atoms with van der Waals surface area (Å²) in [5.74, 6) is -1.38. The minimum absolute atomic E-state index is 0.0183.